The SMILES string of the molecule is CC(C)(C)NC(=O)[C@@H]1CC[C@](C)(C(=O)[O-])C1(C)C. The van der Waals surface area contributed by atoms with Crippen LogP contribution in [0.25, 0.3) is 0 Å². The first kappa shape index (κ1) is 15.0. The first-order valence-corrected chi connectivity index (χ1v) is 6.45. The second-order valence-corrected chi connectivity index (χ2v) is 7.17. The summed E-state index contributed by atoms with van der Waals surface area (Å²) in [5.41, 5.74) is -1.83. The molecule has 0 radical (unpaired) electrons. The average molecular weight is 254 g/mol. The van der Waals surface area contributed by atoms with Gasteiger partial charge in [-0.05, 0) is 39.0 Å². The smallest absolute Gasteiger partial charge is 0.224 e. The zero-order valence-corrected chi connectivity index (χ0v) is 12.2. The Kier molecular flexibility index (Phi) is 3.54. The number of amides is 1. The van der Waals surface area contributed by atoms with E-state index in [1.807, 2.05) is 34.6 Å². The minimum atomic E-state index is -1.06. The van der Waals surface area contributed by atoms with Gasteiger partial charge in [0.15, 0.2) is 0 Å². The van der Waals surface area contributed by atoms with E-state index in [4.69, 9.17) is 0 Å². The van der Waals surface area contributed by atoms with Gasteiger partial charge in [-0.1, -0.05) is 20.8 Å². The molecule has 1 amide bonds. The van der Waals surface area contributed by atoms with Gasteiger partial charge < -0.3 is 15.2 Å². The maximum atomic E-state index is 12.3. The molecule has 0 aromatic heterocycles. The Labute approximate surface area is 109 Å². The molecule has 0 bridgehead atoms. The molecule has 0 aromatic carbocycles. The van der Waals surface area contributed by atoms with Crippen LogP contribution in [0.3, 0.4) is 0 Å². The highest BCUT2D eigenvalue weighted by atomic mass is 16.4. The van der Waals surface area contributed by atoms with E-state index in [-0.39, 0.29) is 17.4 Å². The minimum absolute atomic E-state index is 0.0579. The molecule has 0 unspecified atom stereocenters. The lowest BCUT2D eigenvalue weighted by molar-refractivity contribution is -0.323. The summed E-state index contributed by atoms with van der Waals surface area (Å²) in [6.07, 6.45) is 1.09. The third kappa shape index (κ3) is 2.38. The predicted octanol–water partition coefficient (Wildman–Crippen LogP) is 1.09. The summed E-state index contributed by atoms with van der Waals surface area (Å²) in [6.45, 7) is 11.2. The monoisotopic (exact) mass is 254 g/mol. The second-order valence-electron chi connectivity index (χ2n) is 7.17. The lowest BCUT2D eigenvalue weighted by Crippen LogP contribution is -2.52. The van der Waals surface area contributed by atoms with Gasteiger partial charge in [0.1, 0.15) is 0 Å². The summed E-state index contributed by atoms with van der Waals surface area (Å²) in [5.74, 6) is -1.39. The lowest BCUT2D eigenvalue weighted by atomic mass is 9.65. The van der Waals surface area contributed by atoms with Gasteiger partial charge in [0.2, 0.25) is 5.91 Å². The van der Waals surface area contributed by atoms with Crippen LogP contribution in [0, 0.1) is 16.7 Å². The van der Waals surface area contributed by atoms with Gasteiger partial charge in [-0.15, -0.1) is 0 Å². The summed E-state index contributed by atoms with van der Waals surface area (Å²) >= 11 is 0. The molecule has 0 heterocycles. The lowest BCUT2D eigenvalue weighted by Gasteiger charge is -2.42. The fourth-order valence-corrected chi connectivity index (χ4v) is 2.78. The molecule has 0 spiro atoms. The zero-order valence-electron chi connectivity index (χ0n) is 12.2. The van der Waals surface area contributed by atoms with Crippen molar-refractivity contribution in [2.45, 2.75) is 59.9 Å². The van der Waals surface area contributed by atoms with Crippen LogP contribution in [0.15, 0.2) is 0 Å². The van der Waals surface area contributed by atoms with E-state index in [2.05, 4.69) is 5.32 Å². The van der Waals surface area contributed by atoms with Crippen LogP contribution >= 0.6 is 0 Å². The molecule has 18 heavy (non-hydrogen) atoms. The molecule has 1 N–H and O–H groups in total. The van der Waals surface area contributed by atoms with E-state index in [0.29, 0.717) is 12.8 Å². The molecule has 0 aliphatic heterocycles. The molecule has 1 rings (SSSR count). The fraction of sp³-hybridized carbons (Fsp3) is 0.857. The van der Waals surface area contributed by atoms with Crippen molar-refractivity contribution in [3.8, 4) is 0 Å². The molecular weight excluding hydrogens is 230 g/mol. The molecule has 1 aliphatic carbocycles. The fourth-order valence-electron chi connectivity index (χ4n) is 2.78. The van der Waals surface area contributed by atoms with Crippen molar-refractivity contribution in [2.75, 3.05) is 0 Å². The number of aliphatic carboxylic acids is 1. The topological polar surface area (TPSA) is 69.2 Å². The normalized spacial score (nSPS) is 31.1. The number of carbonyl (C=O) groups excluding carboxylic acids is 2. The quantitative estimate of drug-likeness (QED) is 0.802. The molecule has 4 nitrogen and oxygen atoms in total. The molecule has 2 atom stereocenters. The Hall–Kier alpha value is -1.06. The molecule has 1 fully saturated rings. The van der Waals surface area contributed by atoms with Crippen molar-refractivity contribution in [2.24, 2.45) is 16.7 Å². The first-order chi connectivity index (χ1) is 7.92. The van der Waals surface area contributed by atoms with E-state index < -0.39 is 16.8 Å². The summed E-state index contributed by atoms with van der Waals surface area (Å²) in [7, 11) is 0. The third-order valence-electron chi connectivity index (χ3n) is 4.49. The van der Waals surface area contributed by atoms with E-state index in [0.717, 1.165) is 0 Å². The Morgan fingerprint density at radius 2 is 1.72 bits per heavy atom. The van der Waals surface area contributed by atoms with E-state index in [1.165, 1.54) is 0 Å². The van der Waals surface area contributed by atoms with Crippen molar-refractivity contribution in [1.82, 2.24) is 5.32 Å². The number of nitrogens with one attached hydrogen (secondary N) is 1. The van der Waals surface area contributed by atoms with Gasteiger partial charge in [-0.2, -0.15) is 0 Å². The minimum Gasteiger partial charge on any atom is -0.550 e. The van der Waals surface area contributed by atoms with Crippen LogP contribution in [0.2, 0.25) is 0 Å². The zero-order chi connectivity index (χ0) is 14.4. The molecule has 0 aromatic rings. The average Bonchev–Trinajstić information content (AvgIpc) is 2.36. The molecule has 1 aliphatic rings. The number of carboxylic acids is 1. The van der Waals surface area contributed by atoms with Crippen molar-refractivity contribution in [1.29, 1.82) is 0 Å². The van der Waals surface area contributed by atoms with Gasteiger partial charge in [-0.3, -0.25) is 4.79 Å². The van der Waals surface area contributed by atoms with Crippen LogP contribution in [0.1, 0.15) is 54.4 Å². The Balaban J connectivity index is 2.95. The first-order valence-electron chi connectivity index (χ1n) is 6.45. The van der Waals surface area contributed by atoms with Gasteiger partial charge >= 0.3 is 0 Å². The largest absolute Gasteiger partial charge is 0.550 e. The molecular formula is C14H24NO3-. The van der Waals surface area contributed by atoms with Gasteiger partial charge in [0, 0.05) is 22.8 Å². The Morgan fingerprint density at radius 3 is 2.06 bits per heavy atom. The number of hydrogen-bond acceptors (Lipinski definition) is 3. The summed E-state index contributed by atoms with van der Waals surface area (Å²) in [4.78, 5) is 23.6. The number of carboxylic acid groups (broad SMARTS) is 1. The molecule has 1 saturated carbocycles. The van der Waals surface area contributed by atoms with Crippen molar-refractivity contribution >= 4 is 11.9 Å². The van der Waals surface area contributed by atoms with Crippen molar-refractivity contribution in [3.63, 3.8) is 0 Å². The molecule has 104 valence electrons. The Bertz CT molecular complexity index is 368. The Morgan fingerprint density at radius 1 is 1.22 bits per heavy atom. The maximum absolute atomic E-state index is 12.3. The van der Waals surface area contributed by atoms with E-state index >= 15 is 0 Å². The second kappa shape index (κ2) is 4.25. The van der Waals surface area contributed by atoms with Crippen molar-refractivity contribution < 1.29 is 14.7 Å². The van der Waals surface area contributed by atoms with Gasteiger partial charge in [0.25, 0.3) is 0 Å². The highest BCUT2D eigenvalue weighted by Crippen LogP contribution is 2.55. The van der Waals surface area contributed by atoms with Gasteiger partial charge in [-0.25, -0.2) is 0 Å². The van der Waals surface area contributed by atoms with E-state index in [9.17, 15) is 14.7 Å². The van der Waals surface area contributed by atoms with Crippen LogP contribution < -0.4 is 10.4 Å². The summed E-state index contributed by atoms with van der Waals surface area (Å²) < 4.78 is 0. The van der Waals surface area contributed by atoms with Crippen LogP contribution in [0.5, 0.6) is 0 Å². The standard InChI is InChI=1S/C14H25NO3/c1-12(2,3)15-10(16)9-7-8-14(6,11(17)18)13(9,4)5/h9H,7-8H2,1-6H3,(H,15,16)(H,17,18)/p-1/t9-,14+/m0/s1. The number of rotatable bonds is 2. The highest BCUT2D eigenvalue weighted by molar-refractivity contribution is 5.83. The van der Waals surface area contributed by atoms with Crippen LogP contribution in [-0.2, 0) is 9.59 Å². The molecule has 0 saturated heterocycles. The van der Waals surface area contributed by atoms with Crippen LogP contribution in [0.4, 0.5) is 0 Å². The van der Waals surface area contributed by atoms with Crippen LogP contribution in [-0.4, -0.2) is 17.4 Å². The van der Waals surface area contributed by atoms with E-state index in [1.54, 1.807) is 6.92 Å². The number of carbonyl (C=O) groups is 2. The number of hydrogen-bond donors (Lipinski definition) is 1. The van der Waals surface area contributed by atoms with Gasteiger partial charge in [0.05, 0.1) is 0 Å². The summed E-state index contributed by atoms with van der Waals surface area (Å²) in [5, 5.41) is 14.3. The third-order valence-corrected chi connectivity index (χ3v) is 4.49. The highest BCUT2D eigenvalue weighted by Gasteiger charge is 2.55. The summed E-state index contributed by atoms with van der Waals surface area (Å²) in [6, 6.07) is 0. The van der Waals surface area contributed by atoms with Crippen molar-refractivity contribution in [3.05, 3.63) is 0 Å². The maximum Gasteiger partial charge on any atom is 0.224 e. The predicted molar refractivity (Wildman–Crippen MR) is 67.5 cm³/mol. The molecule has 4 heteroatoms.